The molecule has 0 spiro atoms. The fraction of sp³-hybridized carbons (Fsp3) is 0.429. The van der Waals surface area contributed by atoms with Gasteiger partial charge in [-0.15, -0.1) is 23.5 Å². The number of rotatable bonds is 3. The lowest BCUT2D eigenvalue weighted by Gasteiger charge is -2.47. The highest BCUT2D eigenvalue weighted by Crippen LogP contribution is 2.45. The van der Waals surface area contributed by atoms with Crippen LogP contribution in [0.25, 0.3) is 0 Å². The van der Waals surface area contributed by atoms with Crippen molar-refractivity contribution in [3.63, 3.8) is 0 Å². The lowest BCUT2D eigenvalue weighted by atomic mass is 10.0. The molecule has 3 saturated heterocycles. The molecule has 0 radical (unpaired) electrons. The van der Waals surface area contributed by atoms with E-state index in [4.69, 9.17) is 18.9 Å². The van der Waals surface area contributed by atoms with Gasteiger partial charge < -0.3 is 18.9 Å². The largest absolute Gasteiger partial charge is 0.346 e. The Morgan fingerprint density at radius 1 is 0.667 bits per heavy atom. The molecule has 27 heavy (non-hydrogen) atoms. The Morgan fingerprint density at radius 3 is 1.93 bits per heavy atom. The molecule has 0 aromatic heterocycles. The van der Waals surface area contributed by atoms with Gasteiger partial charge in [-0.1, -0.05) is 60.7 Å². The number of hydrogen-bond acceptors (Lipinski definition) is 6. The zero-order valence-corrected chi connectivity index (χ0v) is 16.4. The third-order valence-corrected chi connectivity index (χ3v) is 8.17. The third-order valence-electron chi connectivity index (χ3n) is 5.02. The van der Waals surface area contributed by atoms with Crippen LogP contribution in [0.5, 0.6) is 0 Å². The number of benzene rings is 2. The Morgan fingerprint density at radius 2 is 1.26 bits per heavy atom. The van der Waals surface area contributed by atoms with Gasteiger partial charge in [0, 0.05) is 22.6 Å². The number of hydrogen-bond donors (Lipinski definition) is 0. The quantitative estimate of drug-likeness (QED) is 0.758. The second-order valence-corrected chi connectivity index (χ2v) is 9.60. The van der Waals surface area contributed by atoms with Gasteiger partial charge in [-0.05, 0) is 0 Å². The van der Waals surface area contributed by atoms with Crippen molar-refractivity contribution in [3.8, 4) is 0 Å². The van der Waals surface area contributed by atoms with Gasteiger partial charge in [0.2, 0.25) is 0 Å². The van der Waals surface area contributed by atoms with Crippen molar-refractivity contribution in [2.45, 2.75) is 35.5 Å². The van der Waals surface area contributed by atoms with Crippen molar-refractivity contribution in [1.82, 2.24) is 0 Å². The fourth-order valence-electron chi connectivity index (χ4n) is 3.70. The summed E-state index contributed by atoms with van der Waals surface area (Å²) < 4.78 is 25.5. The monoisotopic (exact) mass is 402 g/mol. The van der Waals surface area contributed by atoms with Gasteiger partial charge in [0.25, 0.3) is 0 Å². The summed E-state index contributed by atoms with van der Waals surface area (Å²) in [5.74, 6) is 2.31. The normalized spacial score (nSPS) is 34.3. The Bertz CT molecular complexity index is 738. The molecular weight excluding hydrogens is 380 g/mol. The SMILES string of the molecule is c1ccc(C2OCC3OC(c4ccccc4)OC(C4SCCS4)C3O2)cc1. The zero-order chi connectivity index (χ0) is 18.1. The van der Waals surface area contributed by atoms with Gasteiger partial charge in [0.05, 0.1) is 11.2 Å². The molecule has 4 nitrogen and oxygen atoms in total. The van der Waals surface area contributed by atoms with Gasteiger partial charge in [0.15, 0.2) is 12.6 Å². The molecule has 2 aromatic rings. The molecule has 0 aliphatic carbocycles. The van der Waals surface area contributed by atoms with E-state index in [0.29, 0.717) is 11.2 Å². The van der Waals surface area contributed by atoms with Crippen LogP contribution in [0.3, 0.4) is 0 Å². The maximum Gasteiger partial charge on any atom is 0.184 e. The predicted molar refractivity (Wildman–Crippen MR) is 108 cm³/mol. The summed E-state index contributed by atoms with van der Waals surface area (Å²) in [4.78, 5) is 0. The summed E-state index contributed by atoms with van der Waals surface area (Å²) in [6.07, 6.45) is -1.03. The summed E-state index contributed by atoms with van der Waals surface area (Å²) in [5, 5.41) is 0. The van der Waals surface area contributed by atoms with Crippen molar-refractivity contribution in [3.05, 3.63) is 71.8 Å². The van der Waals surface area contributed by atoms with E-state index in [1.54, 1.807) is 0 Å². The third kappa shape index (κ3) is 3.79. The number of thioether (sulfide) groups is 2. The summed E-state index contributed by atoms with van der Waals surface area (Å²) >= 11 is 3.92. The molecule has 142 valence electrons. The van der Waals surface area contributed by atoms with Gasteiger partial charge in [-0.25, -0.2) is 0 Å². The molecule has 5 rings (SSSR count). The van der Waals surface area contributed by atoms with Crippen molar-refractivity contribution in [2.75, 3.05) is 18.1 Å². The zero-order valence-electron chi connectivity index (χ0n) is 14.8. The van der Waals surface area contributed by atoms with E-state index >= 15 is 0 Å². The summed E-state index contributed by atoms with van der Waals surface area (Å²) in [6, 6.07) is 20.2. The van der Waals surface area contributed by atoms with E-state index in [-0.39, 0.29) is 30.9 Å². The fourth-order valence-corrected chi connectivity index (χ4v) is 6.72. The number of fused-ring (bicyclic) bond motifs is 1. The van der Waals surface area contributed by atoms with Crippen LogP contribution in [0.1, 0.15) is 23.7 Å². The molecule has 6 heteroatoms. The summed E-state index contributed by atoms with van der Waals surface area (Å²) in [7, 11) is 0. The summed E-state index contributed by atoms with van der Waals surface area (Å²) in [5.41, 5.74) is 2.07. The molecule has 3 fully saturated rings. The van der Waals surface area contributed by atoms with Crippen LogP contribution >= 0.6 is 23.5 Å². The molecule has 3 aliphatic heterocycles. The average molecular weight is 403 g/mol. The molecule has 2 aromatic carbocycles. The van der Waals surface area contributed by atoms with Crippen LogP contribution in [-0.4, -0.2) is 41.0 Å². The van der Waals surface area contributed by atoms with Gasteiger partial charge in [-0.2, -0.15) is 0 Å². The highest BCUT2D eigenvalue weighted by molar-refractivity contribution is 8.20. The van der Waals surface area contributed by atoms with E-state index in [1.807, 2.05) is 84.2 Å². The summed E-state index contributed by atoms with van der Waals surface area (Å²) in [6.45, 7) is 0.509. The maximum atomic E-state index is 6.47. The minimum atomic E-state index is -0.375. The first kappa shape index (κ1) is 18.0. The van der Waals surface area contributed by atoms with Crippen molar-refractivity contribution in [1.29, 1.82) is 0 Å². The molecule has 0 N–H and O–H groups in total. The van der Waals surface area contributed by atoms with Crippen molar-refractivity contribution < 1.29 is 18.9 Å². The first-order valence-electron chi connectivity index (χ1n) is 9.29. The molecule has 0 bridgehead atoms. The Hall–Kier alpha value is -1.02. The van der Waals surface area contributed by atoms with Gasteiger partial charge in [0.1, 0.15) is 18.3 Å². The van der Waals surface area contributed by atoms with E-state index in [2.05, 4.69) is 0 Å². The molecule has 3 aliphatic rings. The molecule has 0 saturated carbocycles. The predicted octanol–water partition coefficient (Wildman–Crippen LogP) is 4.39. The van der Waals surface area contributed by atoms with E-state index in [1.165, 1.54) is 0 Å². The van der Waals surface area contributed by atoms with Gasteiger partial charge in [-0.3, -0.25) is 0 Å². The average Bonchev–Trinajstić information content (AvgIpc) is 3.28. The topological polar surface area (TPSA) is 36.9 Å². The lowest BCUT2D eigenvalue weighted by molar-refractivity contribution is -0.361. The highest BCUT2D eigenvalue weighted by atomic mass is 32.2. The lowest BCUT2D eigenvalue weighted by Crippen LogP contribution is -2.56. The minimum absolute atomic E-state index is 0.0263. The smallest absolute Gasteiger partial charge is 0.184 e. The van der Waals surface area contributed by atoms with Crippen LogP contribution in [0.15, 0.2) is 60.7 Å². The van der Waals surface area contributed by atoms with E-state index in [0.717, 1.165) is 22.6 Å². The Balaban J connectivity index is 1.39. The molecule has 0 amide bonds. The highest BCUT2D eigenvalue weighted by Gasteiger charge is 2.49. The second-order valence-electron chi connectivity index (χ2n) is 6.80. The Labute approximate surface area is 167 Å². The van der Waals surface area contributed by atoms with E-state index < -0.39 is 0 Å². The maximum absolute atomic E-state index is 6.47. The number of ether oxygens (including phenoxy) is 4. The van der Waals surface area contributed by atoms with E-state index in [9.17, 15) is 0 Å². The minimum Gasteiger partial charge on any atom is -0.346 e. The van der Waals surface area contributed by atoms with Crippen LogP contribution in [0, 0.1) is 0 Å². The van der Waals surface area contributed by atoms with Crippen molar-refractivity contribution >= 4 is 23.5 Å². The van der Waals surface area contributed by atoms with Gasteiger partial charge >= 0.3 is 0 Å². The Kier molecular flexibility index (Phi) is 5.45. The standard InChI is InChI=1S/C21H22O4S2/c1-3-7-14(8-4-1)19-22-13-16-17(24-19)18(21-26-11-12-27-21)25-20(23-16)15-9-5-2-6-10-15/h1-10,16-21H,11-13H2. The van der Waals surface area contributed by atoms with Crippen LogP contribution < -0.4 is 0 Å². The van der Waals surface area contributed by atoms with Crippen LogP contribution in [0.2, 0.25) is 0 Å². The molecule has 3 heterocycles. The molecular formula is C21H22O4S2. The second kappa shape index (κ2) is 8.15. The molecule has 5 atom stereocenters. The van der Waals surface area contributed by atoms with Crippen LogP contribution in [-0.2, 0) is 18.9 Å². The first-order valence-corrected chi connectivity index (χ1v) is 11.4. The van der Waals surface area contributed by atoms with Crippen LogP contribution in [0.4, 0.5) is 0 Å². The first-order chi connectivity index (χ1) is 13.4. The molecule has 5 unspecified atom stereocenters. The van der Waals surface area contributed by atoms with Crippen molar-refractivity contribution in [2.24, 2.45) is 0 Å².